The molecule has 0 spiro atoms. The second-order valence-corrected chi connectivity index (χ2v) is 6.94. The summed E-state index contributed by atoms with van der Waals surface area (Å²) < 4.78 is 6.30. The standard InChI is InChI=1S/C16H20BrN3O3.ClH/c1-10-4-5-18-7-12(10)19-15(21)8-20-13-3-2-11(17)6-14(13)23-9-16(20)22;/h2-3,6,10,12,18H,4-5,7-9H2,1H3,(H,19,21);1H. The molecule has 1 fully saturated rings. The molecule has 1 aromatic rings. The van der Waals surface area contributed by atoms with Crippen LogP contribution in [0.25, 0.3) is 0 Å². The summed E-state index contributed by atoms with van der Waals surface area (Å²) in [5.74, 6) is 0.697. The van der Waals surface area contributed by atoms with E-state index in [2.05, 4.69) is 33.5 Å². The molecule has 6 nitrogen and oxygen atoms in total. The van der Waals surface area contributed by atoms with Gasteiger partial charge in [-0.3, -0.25) is 14.5 Å². The Morgan fingerprint density at radius 3 is 3.04 bits per heavy atom. The van der Waals surface area contributed by atoms with Crippen LogP contribution in [0.3, 0.4) is 0 Å². The highest BCUT2D eigenvalue weighted by Gasteiger charge is 2.29. The number of anilines is 1. The summed E-state index contributed by atoms with van der Waals surface area (Å²) in [6.07, 6.45) is 1.04. The highest BCUT2D eigenvalue weighted by atomic mass is 79.9. The topological polar surface area (TPSA) is 70.7 Å². The number of benzene rings is 1. The van der Waals surface area contributed by atoms with E-state index in [1.165, 1.54) is 4.90 Å². The first-order chi connectivity index (χ1) is 11.0. The van der Waals surface area contributed by atoms with Gasteiger partial charge in [-0.15, -0.1) is 12.4 Å². The normalized spacial score (nSPS) is 22.9. The Morgan fingerprint density at radius 2 is 2.29 bits per heavy atom. The Hall–Kier alpha value is -1.31. The zero-order valence-electron chi connectivity index (χ0n) is 13.4. The monoisotopic (exact) mass is 417 g/mol. The van der Waals surface area contributed by atoms with Crippen molar-refractivity contribution in [2.24, 2.45) is 5.92 Å². The lowest BCUT2D eigenvalue weighted by atomic mass is 9.95. The Morgan fingerprint density at radius 1 is 1.50 bits per heavy atom. The van der Waals surface area contributed by atoms with Crippen LogP contribution in [0.5, 0.6) is 5.75 Å². The van der Waals surface area contributed by atoms with Crippen LogP contribution in [0.2, 0.25) is 0 Å². The number of hydrogen-bond donors (Lipinski definition) is 2. The van der Waals surface area contributed by atoms with Gasteiger partial charge in [-0.2, -0.15) is 0 Å². The van der Waals surface area contributed by atoms with Gasteiger partial charge >= 0.3 is 0 Å². The lowest BCUT2D eigenvalue weighted by Gasteiger charge is -2.32. The van der Waals surface area contributed by atoms with Gasteiger partial charge in [-0.25, -0.2) is 0 Å². The van der Waals surface area contributed by atoms with Gasteiger partial charge in [0.15, 0.2) is 6.61 Å². The molecule has 2 heterocycles. The average Bonchev–Trinajstić information content (AvgIpc) is 2.52. The van der Waals surface area contributed by atoms with Gasteiger partial charge in [-0.1, -0.05) is 22.9 Å². The minimum Gasteiger partial charge on any atom is -0.482 e. The first-order valence-corrected chi connectivity index (χ1v) is 8.56. The third-order valence-corrected chi connectivity index (χ3v) is 4.83. The SMILES string of the molecule is CC1CCNCC1NC(=O)CN1C(=O)COc2cc(Br)ccc21.Cl. The number of fused-ring (bicyclic) bond motifs is 1. The fraction of sp³-hybridized carbons (Fsp3) is 0.500. The van der Waals surface area contributed by atoms with Crippen LogP contribution in [0, 0.1) is 5.92 Å². The second-order valence-electron chi connectivity index (χ2n) is 6.02. The van der Waals surface area contributed by atoms with E-state index >= 15 is 0 Å². The van der Waals surface area contributed by atoms with E-state index in [9.17, 15) is 9.59 Å². The molecule has 3 rings (SSSR count). The lowest BCUT2D eigenvalue weighted by molar-refractivity contribution is -0.125. The molecule has 132 valence electrons. The third kappa shape index (κ3) is 4.20. The Kier molecular flexibility index (Phi) is 6.48. The molecule has 0 bridgehead atoms. The van der Waals surface area contributed by atoms with Crippen molar-refractivity contribution in [2.45, 2.75) is 19.4 Å². The number of amides is 2. The molecule has 1 aromatic carbocycles. The molecule has 24 heavy (non-hydrogen) atoms. The maximum atomic E-state index is 12.4. The summed E-state index contributed by atoms with van der Waals surface area (Å²) in [6, 6.07) is 5.53. The van der Waals surface area contributed by atoms with Crippen LogP contribution in [-0.2, 0) is 9.59 Å². The zero-order chi connectivity index (χ0) is 16.4. The Balaban J connectivity index is 0.00000208. The molecule has 0 radical (unpaired) electrons. The summed E-state index contributed by atoms with van der Waals surface area (Å²) in [4.78, 5) is 26.0. The lowest BCUT2D eigenvalue weighted by Crippen LogP contribution is -2.53. The molecular formula is C16H21BrClN3O3. The summed E-state index contributed by atoms with van der Waals surface area (Å²) in [6.45, 7) is 3.86. The second kappa shape index (κ2) is 8.18. The predicted molar refractivity (Wildman–Crippen MR) is 97.8 cm³/mol. The number of carbonyl (C=O) groups is 2. The highest BCUT2D eigenvalue weighted by molar-refractivity contribution is 9.10. The minimum absolute atomic E-state index is 0. The molecule has 0 aliphatic carbocycles. The summed E-state index contributed by atoms with van der Waals surface area (Å²) in [5.41, 5.74) is 0.634. The molecule has 2 aliphatic heterocycles. The molecule has 2 atom stereocenters. The van der Waals surface area contributed by atoms with Crippen LogP contribution in [0.4, 0.5) is 5.69 Å². The Bertz CT molecular complexity index is 629. The highest BCUT2D eigenvalue weighted by Crippen LogP contribution is 2.34. The number of rotatable bonds is 3. The van der Waals surface area contributed by atoms with Crippen molar-refractivity contribution in [3.05, 3.63) is 22.7 Å². The van der Waals surface area contributed by atoms with Crippen molar-refractivity contribution in [1.82, 2.24) is 10.6 Å². The van der Waals surface area contributed by atoms with Gasteiger partial charge in [-0.05, 0) is 37.1 Å². The first kappa shape index (κ1) is 19.0. The van der Waals surface area contributed by atoms with E-state index < -0.39 is 0 Å². The molecule has 1 saturated heterocycles. The van der Waals surface area contributed by atoms with Gasteiger partial charge in [0, 0.05) is 17.1 Å². The number of hydrogen-bond acceptors (Lipinski definition) is 4. The number of ether oxygens (including phenoxy) is 1. The summed E-state index contributed by atoms with van der Waals surface area (Å²) in [5, 5.41) is 6.32. The fourth-order valence-electron chi connectivity index (χ4n) is 2.93. The number of halogens is 2. The van der Waals surface area contributed by atoms with Crippen molar-refractivity contribution in [1.29, 1.82) is 0 Å². The van der Waals surface area contributed by atoms with Crippen LogP contribution >= 0.6 is 28.3 Å². The number of nitrogens with one attached hydrogen (secondary N) is 2. The van der Waals surface area contributed by atoms with Gasteiger partial charge in [0.05, 0.1) is 5.69 Å². The van der Waals surface area contributed by atoms with Gasteiger partial charge in [0.25, 0.3) is 5.91 Å². The molecular weight excluding hydrogens is 398 g/mol. The van der Waals surface area contributed by atoms with Crippen molar-refractivity contribution < 1.29 is 14.3 Å². The fourth-order valence-corrected chi connectivity index (χ4v) is 3.27. The smallest absolute Gasteiger partial charge is 0.265 e. The molecule has 0 saturated carbocycles. The Labute approximate surface area is 155 Å². The number of carbonyl (C=O) groups excluding carboxylic acids is 2. The molecule has 0 aromatic heterocycles. The largest absolute Gasteiger partial charge is 0.482 e. The molecule has 2 N–H and O–H groups in total. The molecule has 8 heteroatoms. The predicted octanol–water partition coefficient (Wildman–Crippen LogP) is 1.71. The van der Waals surface area contributed by atoms with Crippen LogP contribution < -0.4 is 20.3 Å². The molecule has 2 aliphatic rings. The minimum atomic E-state index is -0.204. The quantitative estimate of drug-likeness (QED) is 0.784. The van der Waals surface area contributed by atoms with E-state index in [1.54, 1.807) is 12.1 Å². The van der Waals surface area contributed by atoms with Crippen molar-refractivity contribution >= 4 is 45.8 Å². The van der Waals surface area contributed by atoms with Crippen LogP contribution in [0.1, 0.15) is 13.3 Å². The summed E-state index contributed by atoms with van der Waals surface area (Å²) in [7, 11) is 0. The van der Waals surface area contributed by atoms with Crippen LogP contribution in [0.15, 0.2) is 22.7 Å². The van der Waals surface area contributed by atoms with Crippen LogP contribution in [-0.4, -0.2) is 44.1 Å². The van der Waals surface area contributed by atoms with Crippen molar-refractivity contribution in [3.63, 3.8) is 0 Å². The first-order valence-electron chi connectivity index (χ1n) is 7.77. The number of piperidine rings is 1. The molecule has 2 unspecified atom stereocenters. The van der Waals surface area contributed by atoms with Crippen molar-refractivity contribution in [3.8, 4) is 5.75 Å². The molecule has 2 amide bonds. The summed E-state index contributed by atoms with van der Waals surface area (Å²) >= 11 is 3.38. The maximum Gasteiger partial charge on any atom is 0.265 e. The van der Waals surface area contributed by atoms with Gasteiger partial charge < -0.3 is 15.4 Å². The van der Waals surface area contributed by atoms with E-state index in [1.807, 2.05) is 6.07 Å². The van der Waals surface area contributed by atoms with E-state index in [4.69, 9.17) is 4.74 Å². The van der Waals surface area contributed by atoms with E-state index in [0.717, 1.165) is 24.0 Å². The van der Waals surface area contributed by atoms with E-state index in [-0.39, 0.29) is 43.4 Å². The maximum absolute atomic E-state index is 12.4. The van der Waals surface area contributed by atoms with Gasteiger partial charge in [0.2, 0.25) is 5.91 Å². The zero-order valence-corrected chi connectivity index (χ0v) is 15.8. The number of nitrogens with zero attached hydrogens (tertiary/aromatic N) is 1. The van der Waals surface area contributed by atoms with E-state index in [0.29, 0.717) is 17.4 Å². The average molecular weight is 419 g/mol. The van der Waals surface area contributed by atoms with Gasteiger partial charge in [0.1, 0.15) is 12.3 Å². The van der Waals surface area contributed by atoms with Crippen molar-refractivity contribution in [2.75, 3.05) is 31.1 Å². The third-order valence-electron chi connectivity index (χ3n) is 4.34.